The third kappa shape index (κ3) is 2.68. The van der Waals surface area contributed by atoms with Crippen LogP contribution in [0.1, 0.15) is 35.5 Å². The Balaban J connectivity index is 2.16. The zero-order chi connectivity index (χ0) is 13.1. The van der Waals surface area contributed by atoms with Gasteiger partial charge in [-0.05, 0) is 26.8 Å². The van der Waals surface area contributed by atoms with Gasteiger partial charge in [0.1, 0.15) is 23.7 Å². The quantitative estimate of drug-likeness (QED) is 0.897. The van der Waals surface area contributed by atoms with E-state index in [4.69, 9.17) is 10.5 Å². The Bertz CT molecular complexity index is 535. The van der Waals surface area contributed by atoms with E-state index in [0.29, 0.717) is 12.3 Å². The predicted octanol–water partition coefficient (Wildman–Crippen LogP) is 2.29. The van der Waals surface area contributed by atoms with Crippen LogP contribution in [0.2, 0.25) is 0 Å². The molecule has 0 radical (unpaired) electrons. The minimum atomic E-state index is -0.0727. The summed E-state index contributed by atoms with van der Waals surface area (Å²) in [4.78, 5) is 0. The van der Waals surface area contributed by atoms with Gasteiger partial charge in [0.2, 0.25) is 0 Å². The molecule has 0 aliphatic heterocycles. The van der Waals surface area contributed by atoms with Gasteiger partial charge in [-0.2, -0.15) is 0 Å². The van der Waals surface area contributed by atoms with Gasteiger partial charge in [0.15, 0.2) is 0 Å². The second kappa shape index (κ2) is 5.18. The second-order valence-corrected chi connectivity index (χ2v) is 4.41. The number of aromatic nitrogens is 2. The second-order valence-electron chi connectivity index (χ2n) is 4.41. The largest absolute Gasteiger partial charge is 0.487 e. The minimum Gasteiger partial charge on any atom is -0.487 e. The highest BCUT2D eigenvalue weighted by Gasteiger charge is 2.11. The van der Waals surface area contributed by atoms with Crippen molar-refractivity contribution in [2.45, 2.75) is 33.4 Å². The number of benzene rings is 1. The van der Waals surface area contributed by atoms with Crippen LogP contribution in [-0.2, 0) is 6.61 Å². The first-order chi connectivity index (χ1) is 8.58. The van der Waals surface area contributed by atoms with Gasteiger partial charge in [-0.3, -0.25) is 0 Å². The first-order valence-electron chi connectivity index (χ1n) is 5.85. The summed E-state index contributed by atoms with van der Waals surface area (Å²) in [6.07, 6.45) is 0. The Morgan fingerprint density at radius 3 is 2.72 bits per heavy atom. The van der Waals surface area contributed by atoms with Crippen LogP contribution >= 0.6 is 0 Å². The Labute approximate surface area is 106 Å². The fourth-order valence-corrected chi connectivity index (χ4v) is 1.68. The lowest BCUT2D eigenvalue weighted by atomic mass is 10.1. The molecular weight excluding hydrogens is 230 g/mol. The molecule has 1 heterocycles. The van der Waals surface area contributed by atoms with E-state index in [1.54, 1.807) is 0 Å². The van der Waals surface area contributed by atoms with Gasteiger partial charge in [0.05, 0.1) is 0 Å². The molecule has 0 saturated carbocycles. The van der Waals surface area contributed by atoms with E-state index in [1.165, 1.54) is 0 Å². The summed E-state index contributed by atoms with van der Waals surface area (Å²) >= 11 is 0. The number of nitrogens with zero attached hydrogens (tertiary/aromatic N) is 2. The molecule has 1 aromatic carbocycles. The van der Waals surface area contributed by atoms with E-state index in [9.17, 15) is 0 Å². The third-order valence-electron chi connectivity index (χ3n) is 2.77. The van der Waals surface area contributed by atoms with Crippen LogP contribution < -0.4 is 10.5 Å². The molecular formula is C13H17N3O2. The van der Waals surface area contributed by atoms with Crippen molar-refractivity contribution in [1.82, 2.24) is 10.3 Å². The molecule has 0 aliphatic carbocycles. The van der Waals surface area contributed by atoms with Crippen molar-refractivity contribution in [3.63, 3.8) is 0 Å². The van der Waals surface area contributed by atoms with Crippen LogP contribution in [0.4, 0.5) is 0 Å². The summed E-state index contributed by atoms with van der Waals surface area (Å²) in [5.74, 6) is 0.776. The molecule has 2 aromatic rings. The van der Waals surface area contributed by atoms with E-state index >= 15 is 0 Å². The zero-order valence-corrected chi connectivity index (χ0v) is 10.8. The topological polar surface area (TPSA) is 74.2 Å². The Kier molecular flexibility index (Phi) is 3.62. The van der Waals surface area contributed by atoms with E-state index in [-0.39, 0.29) is 6.04 Å². The molecule has 1 aromatic heterocycles. The molecule has 18 heavy (non-hydrogen) atoms. The fraction of sp³-hybridized carbons (Fsp3) is 0.385. The summed E-state index contributed by atoms with van der Waals surface area (Å²) in [6, 6.07) is 5.89. The number of ether oxygens (including phenoxy) is 1. The van der Waals surface area contributed by atoms with E-state index in [0.717, 1.165) is 22.6 Å². The van der Waals surface area contributed by atoms with Gasteiger partial charge in [-0.25, -0.2) is 4.63 Å². The van der Waals surface area contributed by atoms with Crippen LogP contribution in [0.15, 0.2) is 22.8 Å². The molecule has 5 nitrogen and oxygen atoms in total. The average Bonchev–Trinajstić information content (AvgIpc) is 2.73. The minimum absolute atomic E-state index is 0.0727. The summed E-state index contributed by atoms with van der Waals surface area (Å²) in [5.41, 5.74) is 9.53. The standard InChI is InChI=1S/C13H17N3O2/c1-8-4-5-13(11(6-8)9(2)14)17-7-12-10(3)15-18-16-12/h4-6,9H,7,14H2,1-3H3. The van der Waals surface area contributed by atoms with Gasteiger partial charge in [-0.1, -0.05) is 28.0 Å². The van der Waals surface area contributed by atoms with Crippen LogP contribution in [0.25, 0.3) is 0 Å². The van der Waals surface area contributed by atoms with Crippen LogP contribution in [0.5, 0.6) is 5.75 Å². The van der Waals surface area contributed by atoms with Crippen molar-refractivity contribution >= 4 is 0 Å². The smallest absolute Gasteiger partial charge is 0.145 e. The maximum atomic E-state index is 5.94. The van der Waals surface area contributed by atoms with Gasteiger partial charge < -0.3 is 10.5 Å². The summed E-state index contributed by atoms with van der Waals surface area (Å²) in [5, 5.41) is 7.49. The molecule has 0 aliphatic rings. The van der Waals surface area contributed by atoms with Gasteiger partial charge in [-0.15, -0.1) is 0 Å². The first-order valence-corrected chi connectivity index (χ1v) is 5.85. The molecule has 2 rings (SSSR count). The number of nitrogens with two attached hydrogens (primary N) is 1. The van der Waals surface area contributed by atoms with Gasteiger partial charge in [0, 0.05) is 11.6 Å². The lowest BCUT2D eigenvalue weighted by molar-refractivity contribution is 0.268. The highest BCUT2D eigenvalue weighted by atomic mass is 16.6. The van der Waals surface area contributed by atoms with E-state index in [1.807, 2.05) is 39.0 Å². The molecule has 1 atom stereocenters. The lowest BCUT2D eigenvalue weighted by Gasteiger charge is -2.14. The Hall–Kier alpha value is -1.88. The lowest BCUT2D eigenvalue weighted by Crippen LogP contribution is -2.08. The molecule has 5 heteroatoms. The van der Waals surface area contributed by atoms with E-state index < -0.39 is 0 Å². The van der Waals surface area contributed by atoms with E-state index in [2.05, 4.69) is 14.9 Å². The van der Waals surface area contributed by atoms with Crippen LogP contribution in [0.3, 0.4) is 0 Å². The molecule has 2 N–H and O–H groups in total. The molecule has 0 amide bonds. The third-order valence-corrected chi connectivity index (χ3v) is 2.77. The highest BCUT2D eigenvalue weighted by Crippen LogP contribution is 2.25. The van der Waals surface area contributed by atoms with Crippen molar-refractivity contribution in [2.24, 2.45) is 5.73 Å². The monoisotopic (exact) mass is 247 g/mol. The predicted molar refractivity (Wildman–Crippen MR) is 67.1 cm³/mol. The average molecular weight is 247 g/mol. The van der Waals surface area contributed by atoms with Crippen molar-refractivity contribution in [1.29, 1.82) is 0 Å². The van der Waals surface area contributed by atoms with Crippen molar-refractivity contribution in [2.75, 3.05) is 0 Å². The van der Waals surface area contributed by atoms with Crippen molar-refractivity contribution in [3.8, 4) is 5.75 Å². The molecule has 0 spiro atoms. The van der Waals surface area contributed by atoms with Crippen molar-refractivity contribution in [3.05, 3.63) is 40.7 Å². The number of aryl methyl sites for hydroxylation is 2. The molecule has 0 bridgehead atoms. The molecule has 1 unspecified atom stereocenters. The maximum absolute atomic E-state index is 5.94. The maximum Gasteiger partial charge on any atom is 0.145 e. The van der Waals surface area contributed by atoms with Crippen LogP contribution in [0, 0.1) is 13.8 Å². The van der Waals surface area contributed by atoms with Gasteiger partial charge in [0.25, 0.3) is 0 Å². The highest BCUT2D eigenvalue weighted by molar-refractivity contribution is 5.38. The zero-order valence-electron chi connectivity index (χ0n) is 10.8. The Morgan fingerprint density at radius 2 is 2.11 bits per heavy atom. The summed E-state index contributed by atoms with van der Waals surface area (Å²) < 4.78 is 10.4. The number of rotatable bonds is 4. The summed E-state index contributed by atoms with van der Waals surface area (Å²) in [7, 11) is 0. The fourth-order valence-electron chi connectivity index (χ4n) is 1.68. The SMILES string of the molecule is Cc1ccc(OCc2nonc2C)c(C(C)N)c1. The molecule has 96 valence electrons. The molecule has 0 saturated heterocycles. The normalized spacial score (nSPS) is 12.4. The van der Waals surface area contributed by atoms with Crippen LogP contribution in [-0.4, -0.2) is 10.3 Å². The molecule has 0 fully saturated rings. The summed E-state index contributed by atoms with van der Waals surface area (Å²) in [6.45, 7) is 6.13. The first kappa shape index (κ1) is 12.6. The number of hydrogen-bond acceptors (Lipinski definition) is 5. The number of hydrogen-bond donors (Lipinski definition) is 1. The van der Waals surface area contributed by atoms with Crippen molar-refractivity contribution < 1.29 is 9.37 Å². The van der Waals surface area contributed by atoms with Gasteiger partial charge >= 0.3 is 0 Å². The Morgan fingerprint density at radius 1 is 1.33 bits per heavy atom.